The molecule has 1 saturated carbocycles. The van der Waals surface area contributed by atoms with Gasteiger partial charge in [0.25, 0.3) is 10.0 Å². The van der Waals surface area contributed by atoms with Gasteiger partial charge < -0.3 is 10.2 Å². The number of anilines is 1. The number of sulfonamides is 1. The first-order chi connectivity index (χ1) is 21.7. The number of nitrogens with zero attached hydrogens (tertiary/aromatic N) is 2. The Bertz CT molecular complexity index is 1690. The number of carbonyl (C=O) groups excluding carboxylic acids is 2. The van der Waals surface area contributed by atoms with Crippen LogP contribution < -0.4 is 9.62 Å². The zero-order valence-corrected chi connectivity index (χ0v) is 26.9. The summed E-state index contributed by atoms with van der Waals surface area (Å²) in [5.74, 6) is -0.765. The third kappa shape index (κ3) is 8.12. The largest absolute Gasteiger partial charge is 0.352 e. The van der Waals surface area contributed by atoms with E-state index in [0.717, 1.165) is 46.7 Å². The number of hydrogen-bond donors (Lipinski definition) is 1. The highest BCUT2D eigenvalue weighted by atomic mass is 35.5. The van der Waals surface area contributed by atoms with Crippen LogP contribution in [0.3, 0.4) is 0 Å². The van der Waals surface area contributed by atoms with Crippen LogP contribution in [-0.2, 0) is 32.6 Å². The second-order valence-corrected chi connectivity index (χ2v) is 13.7. The van der Waals surface area contributed by atoms with E-state index in [9.17, 15) is 18.0 Å². The van der Waals surface area contributed by atoms with Crippen molar-refractivity contribution in [1.82, 2.24) is 10.2 Å². The molecule has 0 aromatic heterocycles. The van der Waals surface area contributed by atoms with Crippen molar-refractivity contribution in [3.8, 4) is 0 Å². The van der Waals surface area contributed by atoms with Gasteiger partial charge in [-0.15, -0.1) is 0 Å². The number of rotatable bonds is 12. The first-order valence-corrected chi connectivity index (χ1v) is 17.1. The molecule has 5 rings (SSSR count). The predicted octanol–water partition coefficient (Wildman–Crippen LogP) is 6.54. The Morgan fingerprint density at radius 1 is 0.822 bits per heavy atom. The number of aryl methyl sites for hydroxylation is 1. The van der Waals surface area contributed by atoms with E-state index in [1.165, 1.54) is 17.0 Å². The summed E-state index contributed by atoms with van der Waals surface area (Å²) >= 11 is 6.54. The average Bonchev–Trinajstić information content (AvgIpc) is 3.56. The smallest absolute Gasteiger partial charge is 0.264 e. The molecule has 0 aliphatic heterocycles. The fraction of sp³-hybridized carbons (Fsp3) is 0.278. The standard InChI is InChI=1S/C36H38ClN3O4S/c1-27-20-22-29(23-21-27)25-39(34(24-28-12-4-2-5-13-28)36(42)38-30-14-8-9-15-30)35(41)26-40(33-19-11-10-18-32(33)37)45(43,44)31-16-6-3-7-17-31/h2-7,10-13,16-23,30,34H,8-9,14-15,24-26H2,1H3,(H,38,42)/t34-/m1/s1. The van der Waals surface area contributed by atoms with Gasteiger partial charge in [-0.3, -0.25) is 13.9 Å². The van der Waals surface area contributed by atoms with Gasteiger partial charge in [-0.2, -0.15) is 0 Å². The SMILES string of the molecule is Cc1ccc(CN(C(=O)CN(c2ccccc2Cl)S(=O)(=O)c2ccccc2)[C@H](Cc2ccccc2)C(=O)NC2CCCC2)cc1. The molecule has 234 valence electrons. The van der Waals surface area contributed by atoms with Crippen molar-refractivity contribution in [2.75, 3.05) is 10.8 Å². The molecule has 45 heavy (non-hydrogen) atoms. The van der Waals surface area contributed by atoms with Crippen LogP contribution in [0.4, 0.5) is 5.69 Å². The van der Waals surface area contributed by atoms with Crippen molar-refractivity contribution >= 4 is 39.1 Å². The van der Waals surface area contributed by atoms with Crippen molar-refractivity contribution in [1.29, 1.82) is 0 Å². The maximum Gasteiger partial charge on any atom is 0.264 e. The maximum absolute atomic E-state index is 14.6. The molecular weight excluding hydrogens is 606 g/mol. The summed E-state index contributed by atoms with van der Waals surface area (Å²) in [5, 5.41) is 3.38. The summed E-state index contributed by atoms with van der Waals surface area (Å²) in [7, 11) is -4.21. The van der Waals surface area contributed by atoms with Gasteiger partial charge in [-0.05, 0) is 55.2 Å². The number of para-hydroxylation sites is 1. The van der Waals surface area contributed by atoms with Crippen LogP contribution in [0.1, 0.15) is 42.4 Å². The number of carbonyl (C=O) groups is 2. The zero-order valence-electron chi connectivity index (χ0n) is 25.3. The van der Waals surface area contributed by atoms with Gasteiger partial charge in [0.2, 0.25) is 11.8 Å². The topological polar surface area (TPSA) is 86.8 Å². The number of nitrogens with one attached hydrogen (secondary N) is 1. The lowest BCUT2D eigenvalue weighted by Gasteiger charge is -2.34. The van der Waals surface area contributed by atoms with E-state index in [1.54, 1.807) is 42.5 Å². The second kappa shape index (κ2) is 14.8. The van der Waals surface area contributed by atoms with Gasteiger partial charge in [0.15, 0.2) is 0 Å². The Balaban J connectivity index is 1.56. The number of amides is 2. The van der Waals surface area contributed by atoms with Crippen molar-refractivity contribution < 1.29 is 18.0 Å². The minimum atomic E-state index is -4.21. The first kappa shape index (κ1) is 32.3. The predicted molar refractivity (Wildman–Crippen MR) is 178 cm³/mol. The van der Waals surface area contributed by atoms with E-state index >= 15 is 0 Å². The van der Waals surface area contributed by atoms with Crippen LogP contribution in [-0.4, -0.2) is 43.8 Å². The summed E-state index contributed by atoms with van der Waals surface area (Å²) in [6.07, 6.45) is 4.15. The molecule has 1 aliphatic rings. The molecule has 0 heterocycles. The first-order valence-electron chi connectivity index (χ1n) is 15.2. The van der Waals surface area contributed by atoms with Gasteiger partial charge in [-0.1, -0.05) is 115 Å². The van der Waals surface area contributed by atoms with Gasteiger partial charge in [-0.25, -0.2) is 8.42 Å². The average molecular weight is 644 g/mol. The van der Waals surface area contributed by atoms with E-state index in [1.807, 2.05) is 61.5 Å². The van der Waals surface area contributed by atoms with E-state index in [2.05, 4.69) is 5.32 Å². The molecule has 4 aromatic carbocycles. The van der Waals surface area contributed by atoms with Crippen LogP contribution in [0.15, 0.2) is 114 Å². The van der Waals surface area contributed by atoms with Crippen molar-refractivity contribution in [2.45, 2.75) is 62.6 Å². The molecule has 1 atom stereocenters. The Kier molecular flexibility index (Phi) is 10.6. The lowest BCUT2D eigenvalue weighted by Crippen LogP contribution is -2.54. The van der Waals surface area contributed by atoms with E-state index in [0.29, 0.717) is 0 Å². The lowest BCUT2D eigenvalue weighted by molar-refractivity contribution is -0.140. The summed E-state index contributed by atoms with van der Waals surface area (Å²) in [6.45, 7) is 1.56. The van der Waals surface area contributed by atoms with Gasteiger partial charge in [0.1, 0.15) is 12.6 Å². The second-order valence-electron chi connectivity index (χ2n) is 11.5. The van der Waals surface area contributed by atoms with Crippen LogP contribution in [0.5, 0.6) is 0 Å². The highest BCUT2D eigenvalue weighted by Gasteiger charge is 2.36. The Morgan fingerprint density at radius 2 is 1.42 bits per heavy atom. The fourth-order valence-corrected chi connectivity index (χ4v) is 7.44. The van der Waals surface area contributed by atoms with Crippen molar-refractivity contribution in [3.63, 3.8) is 0 Å². The Morgan fingerprint density at radius 3 is 2.07 bits per heavy atom. The molecule has 0 spiro atoms. The highest BCUT2D eigenvalue weighted by Crippen LogP contribution is 2.31. The fourth-order valence-electron chi connectivity index (χ4n) is 5.70. The maximum atomic E-state index is 14.6. The normalized spacial score (nSPS) is 14.1. The molecule has 0 saturated heterocycles. The molecule has 1 fully saturated rings. The zero-order chi connectivity index (χ0) is 31.8. The molecule has 0 bridgehead atoms. The molecule has 1 N–H and O–H groups in total. The third-order valence-electron chi connectivity index (χ3n) is 8.18. The van der Waals surface area contributed by atoms with Crippen LogP contribution in [0.25, 0.3) is 0 Å². The number of halogens is 1. The molecule has 0 unspecified atom stereocenters. The van der Waals surface area contributed by atoms with Gasteiger partial charge in [0, 0.05) is 19.0 Å². The number of hydrogen-bond acceptors (Lipinski definition) is 4. The molecule has 2 amide bonds. The van der Waals surface area contributed by atoms with Crippen molar-refractivity contribution in [2.24, 2.45) is 0 Å². The molecule has 7 nitrogen and oxygen atoms in total. The van der Waals surface area contributed by atoms with E-state index in [4.69, 9.17) is 11.6 Å². The molecule has 0 radical (unpaired) electrons. The van der Waals surface area contributed by atoms with E-state index in [-0.39, 0.29) is 40.5 Å². The summed E-state index contributed by atoms with van der Waals surface area (Å²) in [5.41, 5.74) is 2.97. The quantitative estimate of drug-likeness (QED) is 0.190. The van der Waals surface area contributed by atoms with E-state index < -0.39 is 28.5 Å². The third-order valence-corrected chi connectivity index (χ3v) is 10.3. The monoisotopic (exact) mass is 643 g/mol. The number of benzene rings is 4. The van der Waals surface area contributed by atoms with Crippen LogP contribution in [0, 0.1) is 6.92 Å². The minimum absolute atomic E-state index is 0.0302. The van der Waals surface area contributed by atoms with Crippen LogP contribution in [0.2, 0.25) is 5.02 Å². The van der Waals surface area contributed by atoms with Crippen molar-refractivity contribution in [3.05, 3.63) is 131 Å². The Hall–Kier alpha value is -4.14. The molecule has 1 aliphatic carbocycles. The Labute approximate surface area is 270 Å². The minimum Gasteiger partial charge on any atom is -0.352 e. The van der Waals surface area contributed by atoms with Gasteiger partial charge in [0.05, 0.1) is 15.6 Å². The molecular formula is C36H38ClN3O4S. The summed E-state index contributed by atoms with van der Waals surface area (Å²) in [6, 6.07) is 31.0. The summed E-state index contributed by atoms with van der Waals surface area (Å²) in [4.78, 5) is 30.2. The molecule has 4 aromatic rings. The molecule has 9 heteroatoms. The summed E-state index contributed by atoms with van der Waals surface area (Å²) < 4.78 is 29.2. The lowest BCUT2D eigenvalue weighted by atomic mass is 10.0. The van der Waals surface area contributed by atoms with Crippen LogP contribution >= 0.6 is 11.6 Å². The highest BCUT2D eigenvalue weighted by molar-refractivity contribution is 7.92. The van der Waals surface area contributed by atoms with Gasteiger partial charge >= 0.3 is 0 Å².